The predicted octanol–water partition coefficient (Wildman–Crippen LogP) is 9.16. The number of hydrogen-bond acceptors (Lipinski definition) is 1. The molecule has 2 nitrogen and oxygen atoms in total. The largest absolute Gasteiger partial charge is 0.309 e. The van der Waals surface area contributed by atoms with Gasteiger partial charge in [0.15, 0.2) is 0 Å². The number of aromatic nitrogens is 2. The summed E-state index contributed by atoms with van der Waals surface area (Å²) in [6.07, 6.45) is 0. The molecule has 40 heavy (non-hydrogen) atoms. The molecule has 0 saturated carbocycles. The number of hydrogen-bond donors (Lipinski definition) is 0. The molecule has 1 aliphatic carbocycles. The lowest BCUT2D eigenvalue weighted by molar-refractivity contribution is 0.750. The van der Waals surface area contributed by atoms with Crippen LogP contribution in [0.15, 0.2) is 133 Å². The number of benzene rings is 6. The lowest BCUT2D eigenvalue weighted by atomic mass is 9.65. The van der Waals surface area contributed by atoms with Crippen LogP contribution in [0.1, 0.15) is 22.3 Å². The molecule has 0 bridgehead atoms. The van der Waals surface area contributed by atoms with E-state index < -0.39 is 5.41 Å². The number of rotatable bonds is 0. The third kappa shape index (κ3) is 2.27. The molecule has 0 amide bonds. The normalized spacial score (nSPS) is 16.6. The molecule has 2 heteroatoms. The highest BCUT2D eigenvalue weighted by Crippen LogP contribution is 2.61. The summed E-state index contributed by atoms with van der Waals surface area (Å²) in [5, 5.41) is 6.27. The van der Waals surface area contributed by atoms with Crippen molar-refractivity contribution in [3.63, 3.8) is 0 Å². The Labute approximate surface area is 230 Å². The van der Waals surface area contributed by atoms with E-state index in [1.807, 2.05) is 0 Å². The average Bonchev–Trinajstić information content (AvgIpc) is 3.50. The lowest BCUT2D eigenvalue weighted by Crippen LogP contribution is -2.33. The van der Waals surface area contributed by atoms with Crippen LogP contribution < -0.4 is 0 Å². The number of para-hydroxylation sites is 3. The van der Waals surface area contributed by atoms with Crippen LogP contribution in [-0.4, -0.2) is 9.55 Å². The van der Waals surface area contributed by atoms with Gasteiger partial charge >= 0.3 is 0 Å². The molecule has 1 spiro atoms. The Bertz CT molecular complexity index is 2390. The SMILES string of the molecule is c1ccc2c(c1)-c1nc3ccccc3cc1C21c2cc3ccccc3cc2-n2c3ccccc3c3cccc1c32. The van der Waals surface area contributed by atoms with Crippen molar-refractivity contribution >= 4 is 43.5 Å². The van der Waals surface area contributed by atoms with E-state index in [1.54, 1.807) is 0 Å². The minimum absolute atomic E-state index is 0.480. The summed E-state index contributed by atoms with van der Waals surface area (Å²) in [5.41, 5.74) is 11.9. The number of fused-ring (bicyclic) bond motifs is 14. The first-order chi connectivity index (χ1) is 19.8. The molecule has 0 saturated heterocycles. The van der Waals surface area contributed by atoms with E-state index in [0.717, 1.165) is 11.2 Å². The van der Waals surface area contributed by atoms with E-state index >= 15 is 0 Å². The van der Waals surface area contributed by atoms with E-state index in [-0.39, 0.29) is 0 Å². The van der Waals surface area contributed by atoms with Crippen molar-refractivity contribution in [2.45, 2.75) is 5.41 Å². The molecule has 1 atom stereocenters. The fourth-order valence-electron chi connectivity index (χ4n) is 7.78. The van der Waals surface area contributed by atoms with Gasteiger partial charge in [0, 0.05) is 21.7 Å². The van der Waals surface area contributed by atoms with Crippen LogP contribution in [0.25, 0.3) is 60.4 Å². The molecular weight excluding hydrogens is 484 g/mol. The fraction of sp³-hybridized carbons (Fsp3) is 0.0263. The van der Waals surface area contributed by atoms with Gasteiger partial charge in [0.1, 0.15) is 0 Å². The number of nitrogens with zero attached hydrogens (tertiary/aromatic N) is 2. The molecule has 3 heterocycles. The molecule has 8 aromatic rings. The van der Waals surface area contributed by atoms with Gasteiger partial charge < -0.3 is 4.57 Å². The summed E-state index contributed by atoms with van der Waals surface area (Å²) in [4.78, 5) is 5.34. The summed E-state index contributed by atoms with van der Waals surface area (Å²) >= 11 is 0. The van der Waals surface area contributed by atoms with Gasteiger partial charge in [-0.2, -0.15) is 0 Å². The second kappa shape index (κ2) is 7.05. The lowest BCUT2D eigenvalue weighted by Gasteiger charge is -2.39. The molecule has 6 aromatic carbocycles. The predicted molar refractivity (Wildman–Crippen MR) is 164 cm³/mol. The van der Waals surface area contributed by atoms with Gasteiger partial charge in [0.25, 0.3) is 0 Å². The van der Waals surface area contributed by atoms with Crippen molar-refractivity contribution in [2.75, 3.05) is 0 Å². The topological polar surface area (TPSA) is 17.8 Å². The first-order valence-corrected chi connectivity index (χ1v) is 13.9. The Hall–Kier alpha value is -5.21. The highest BCUT2D eigenvalue weighted by Gasteiger charge is 2.51. The first kappa shape index (κ1) is 20.7. The van der Waals surface area contributed by atoms with Crippen molar-refractivity contribution in [1.82, 2.24) is 9.55 Å². The van der Waals surface area contributed by atoms with E-state index in [2.05, 4.69) is 138 Å². The van der Waals surface area contributed by atoms with Crippen molar-refractivity contribution in [1.29, 1.82) is 0 Å². The zero-order chi connectivity index (χ0) is 26.0. The van der Waals surface area contributed by atoms with Crippen LogP contribution >= 0.6 is 0 Å². The Balaban J connectivity index is 1.52. The summed E-state index contributed by atoms with van der Waals surface area (Å²) in [6, 6.07) is 49.2. The minimum Gasteiger partial charge on any atom is -0.309 e. The van der Waals surface area contributed by atoms with E-state index in [4.69, 9.17) is 4.98 Å². The Morgan fingerprint density at radius 3 is 2.10 bits per heavy atom. The van der Waals surface area contributed by atoms with Gasteiger partial charge in [0.2, 0.25) is 0 Å². The van der Waals surface area contributed by atoms with Gasteiger partial charge in [-0.05, 0) is 63.4 Å². The summed E-state index contributed by atoms with van der Waals surface area (Å²) < 4.78 is 2.52. The molecule has 0 N–H and O–H groups in total. The standard InChI is InChI=1S/C38H22N2/c1-2-11-24-22-35-31(20-23(24)10-1)38(30-17-9-15-27-26-13-5-8-19-34(26)40(35)37(27)30)29-16-6-4-14-28(29)36-32(38)21-25-12-3-7-18-33(25)39-36/h1-22H. The van der Waals surface area contributed by atoms with Gasteiger partial charge in [-0.1, -0.05) is 103 Å². The van der Waals surface area contributed by atoms with Crippen molar-refractivity contribution in [3.05, 3.63) is 156 Å². The zero-order valence-corrected chi connectivity index (χ0v) is 21.6. The third-order valence-corrected chi connectivity index (χ3v) is 9.32. The van der Waals surface area contributed by atoms with Crippen molar-refractivity contribution in [2.24, 2.45) is 0 Å². The average molecular weight is 507 g/mol. The molecule has 0 radical (unpaired) electrons. The maximum atomic E-state index is 5.34. The van der Waals surface area contributed by atoms with Gasteiger partial charge in [0.05, 0.1) is 33.3 Å². The Morgan fingerprint density at radius 2 is 1.18 bits per heavy atom. The number of pyridine rings is 1. The maximum absolute atomic E-state index is 5.34. The van der Waals surface area contributed by atoms with E-state index in [9.17, 15) is 0 Å². The monoisotopic (exact) mass is 506 g/mol. The van der Waals surface area contributed by atoms with Crippen LogP contribution in [0, 0.1) is 0 Å². The van der Waals surface area contributed by atoms with Crippen LogP contribution in [0.4, 0.5) is 0 Å². The molecule has 1 aliphatic heterocycles. The van der Waals surface area contributed by atoms with Crippen LogP contribution in [-0.2, 0) is 5.41 Å². The molecule has 184 valence electrons. The smallest absolute Gasteiger partial charge is 0.0770 e. The first-order valence-electron chi connectivity index (χ1n) is 13.9. The quantitative estimate of drug-likeness (QED) is 0.200. The van der Waals surface area contributed by atoms with Gasteiger partial charge in [-0.25, -0.2) is 4.98 Å². The second-order valence-electron chi connectivity index (χ2n) is 11.1. The molecule has 2 aromatic heterocycles. The molecule has 0 fully saturated rings. The summed E-state index contributed by atoms with van der Waals surface area (Å²) in [6.45, 7) is 0. The van der Waals surface area contributed by atoms with Crippen LogP contribution in [0.5, 0.6) is 0 Å². The third-order valence-electron chi connectivity index (χ3n) is 9.32. The van der Waals surface area contributed by atoms with Gasteiger partial charge in [-0.3, -0.25) is 0 Å². The Kier molecular flexibility index (Phi) is 3.65. The van der Waals surface area contributed by atoms with Crippen molar-refractivity contribution in [3.8, 4) is 16.9 Å². The minimum atomic E-state index is -0.480. The second-order valence-corrected chi connectivity index (χ2v) is 11.1. The van der Waals surface area contributed by atoms with E-state index in [0.29, 0.717) is 0 Å². The van der Waals surface area contributed by atoms with Crippen LogP contribution in [0.2, 0.25) is 0 Å². The highest BCUT2D eigenvalue weighted by atomic mass is 15.0. The maximum Gasteiger partial charge on any atom is 0.0770 e. The van der Waals surface area contributed by atoms with Crippen LogP contribution in [0.3, 0.4) is 0 Å². The fourth-order valence-corrected chi connectivity index (χ4v) is 7.78. The molecular formula is C38H22N2. The highest BCUT2D eigenvalue weighted by molar-refractivity contribution is 6.13. The van der Waals surface area contributed by atoms with Gasteiger partial charge in [-0.15, -0.1) is 0 Å². The van der Waals surface area contributed by atoms with E-state index in [1.165, 1.54) is 71.5 Å². The zero-order valence-electron chi connectivity index (χ0n) is 21.6. The summed E-state index contributed by atoms with van der Waals surface area (Å²) in [5.74, 6) is 0. The molecule has 1 unspecified atom stereocenters. The summed E-state index contributed by atoms with van der Waals surface area (Å²) in [7, 11) is 0. The van der Waals surface area contributed by atoms with Crippen molar-refractivity contribution < 1.29 is 0 Å². The molecule has 10 rings (SSSR count). The Morgan fingerprint density at radius 1 is 0.500 bits per heavy atom. The molecule has 2 aliphatic rings.